The molecule has 0 radical (unpaired) electrons. The molecular formula is C16H11N3O3S. The second-order valence-electron chi connectivity index (χ2n) is 5.22. The molecule has 0 spiro atoms. The van der Waals surface area contributed by atoms with Gasteiger partial charge in [0, 0.05) is 29.1 Å². The molecule has 2 heterocycles. The van der Waals surface area contributed by atoms with Gasteiger partial charge in [0.05, 0.1) is 21.2 Å². The summed E-state index contributed by atoms with van der Waals surface area (Å²) in [7, 11) is 0. The Morgan fingerprint density at radius 3 is 2.74 bits per heavy atom. The Hall–Kier alpha value is -2.80. The first-order chi connectivity index (χ1) is 11.1. The number of non-ortho nitro benzene ring substituents is 1. The van der Waals surface area contributed by atoms with Crippen molar-refractivity contribution in [2.24, 2.45) is 0 Å². The van der Waals surface area contributed by atoms with Gasteiger partial charge in [-0.05, 0) is 17.7 Å². The molecule has 0 saturated heterocycles. The van der Waals surface area contributed by atoms with Gasteiger partial charge in [-0.1, -0.05) is 18.2 Å². The predicted octanol–water partition coefficient (Wildman–Crippen LogP) is 3.57. The van der Waals surface area contributed by atoms with E-state index in [1.54, 1.807) is 17.8 Å². The monoisotopic (exact) mass is 325 g/mol. The molecular weight excluding hydrogens is 314 g/mol. The number of amides is 1. The SMILES string of the molecule is O=C1Nc2cc([N+](=O)[O-])ccc2/C1=C1/Nc2ccccc2CS1. The van der Waals surface area contributed by atoms with Crippen LogP contribution in [0.1, 0.15) is 11.1 Å². The van der Waals surface area contributed by atoms with Crippen LogP contribution >= 0.6 is 11.8 Å². The van der Waals surface area contributed by atoms with Crippen molar-refractivity contribution in [3.05, 3.63) is 68.7 Å². The van der Waals surface area contributed by atoms with Gasteiger partial charge >= 0.3 is 0 Å². The van der Waals surface area contributed by atoms with Crippen LogP contribution in [0.15, 0.2) is 47.5 Å². The fourth-order valence-corrected chi connectivity index (χ4v) is 3.79. The molecule has 2 aliphatic rings. The van der Waals surface area contributed by atoms with Crippen LogP contribution in [-0.2, 0) is 10.5 Å². The molecule has 0 unspecified atom stereocenters. The smallest absolute Gasteiger partial charge is 0.271 e. The number of anilines is 2. The van der Waals surface area contributed by atoms with Gasteiger partial charge in [-0.15, -0.1) is 11.8 Å². The lowest BCUT2D eigenvalue weighted by Gasteiger charge is -2.21. The quantitative estimate of drug-likeness (QED) is 0.476. The molecule has 1 amide bonds. The number of benzene rings is 2. The van der Waals surface area contributed by atoms with Crippen LogP contribution in [0.5, 0.6) is 0 Å². The number of nitro groups is 1. The molecule has 4 rings (SSSR count). The van der Waals surface area contributed by atoms with Gasteiger partial charge in [0.1, 0.15) is 0 Å². The van der Waals surface area contributed by atoms with Gasteiger partial charge in [0.2, 0.25) is 0 Å². The van der Waals surface area contributed by atoms with E-state index < -0.39 is 4.92 Å². The largest absolute Gasteiger partial charge is 0.349 e. The average molecular weight is 325 g/mol. The number of fused-ring (bicyclic) bond motifs is 2. The Morgan fingerprint density at radius 1 is 1.09 bits per heavy atom. The normalized spacial score (nSPS) is 18.7. The van der Waals surface area contributed by atoms with Crippen molar-refractivity contribution in [3.8, 4) is 0 Å². The highest BCUT2D eigenvalue weighted by molar-refractivity contribution is 8.02. The minimum absolute atomic E-state index is 0.0371. The molecule has 0 saturated carbocycles. The number of rotatable bonds is 1. The number of thioether (sulfide) groups is 1. The van der Waals surface area contributed by atoms with Crippen LogP contribution in [0.4, 0.5) is 17.1 Å². The van der Waals surface area contributed by atoms with E-state index in [1.165, 1.54) is 17.7 Å². The van der Waals surface area contributed by atoms with Gasteiger partial charge < -0.3 is 10.6 Å². The molecule has 0 aliphatic carbocycles. The number of carbonyl (C=O) groups excluding carboxylic acids is 1. The Kier molecular flexibility index (Phi) is 3.09. The Balaban J connectivity index is 1.79. The summed E-state index contributed by atoms with van der Waals surface area (Å²) in [6.07, 6.45) is 0. The number of hydrogen-bond acceptors (Lipinski definition) is 5. The Morgan fingerprint density at radius 2 is 1.91 bits per heavy atom. The van der Waals surface area contributed by atoms with E-state index in [2.05, 4.69) is 10.6 Å². The first kappa shape index (κ1) is 13.8. The number of para-hydroxylation sites is 1. The van der Waals surface area contributed by atoms with Crippen molar-refractivity contribution in [1.82, 2.24) is 0 Å². The van der Waals surface area contributed by atoms with Gasteiger partial charge in [-0.2, -0.15) is 0 Å². The van der Waals surface area contributed by atoms with Gasteiger partial charge in [-0.3, -0.25) is 14.9 Å². The summed E-state index contributed by atoms with van der Waals surface area (Å²) >= 11 is 1.55. The average Bonchev–Trinajstić information content (AvgIpc) is 2.89. The summed E-state index contributed by atoms with van der Waals surface area (Å²) in [5, 5.41) is 17.6. The molecule has 2 aliphatic heterocycles. The second kappa shape index (κ2) is 5.13. The lowest BCUT2D eigenvalue weighted by molar-refractivity contribution is -0.384. The molecule has 0 aromatic heterocycles. The van der Waals surface area contributed by atoms with Gasteiger partial charge in [0.15, 0.2) is 0 Å². The number of nitrogens with one attached hydrogen (secondary N) is 2. The highest BCUT2D eigenvalue weighted by Crippen LogP contribution is 2.42. The first-order valence-electron chi connectivity index (χ1n) is 6.95. The van der Waals surface area contributed by atoms with Crippen molar-refractivity contribution < 1.29 is 9.72 Å². The molecule has 0 bridgehead atoms. The summed E-state index contributed by atoms with van der Waals surface area (Å²) in [5.74, 6) is 0.535. The van der Waals surface area contributed by atoms with Crippen molar-refractivity contribution >= 4 is 40.3 Å². The summed E-state index contributed by atoms with van der Waals surface area (Å²) in [5.41, 5.74) is 3.84. The lowest BCUT2D eigenvalue weighted by Crippen LogP contribution is -2.12. The topological polar surface area (TPSA) is 84.3 Å². The second-order valence-corrected chi connectivity index (χ2v) is 6.20. The van der Waals surface area contributed by atoms with E-state index in [0.717, 1.165) is 16.5 Å². The highest BCUT2D eigenvalue weighted by atomic mass is 32.2. The Labute approximate surface area is 135 Å². The van der Waals surface area contributed by atoms with Crippen LogP contribution in [-0.4, -0.2) is 10.8 Å². The van der Waals surface area contributed by atoms with Gasteiger partial charge in [-0.25, -0.2) is 0 Å². The van der Waals surface area contributed by atoms with Crippen LogP contribution in [0.2, 0.25) is 0 Å². The summed E-state index contributed by atoms with van der Waals surface area (Å²) < 4.78 is 0. The number of hydrogen-bond donors (Lipinski definition) is 2. The van der Waals surface area contributed by atoms with Crippen molar-refractivity contribution in [2.45, 2.75) is 5.75 Å². The third-order valence-electron chi connectivity index (χ3n) is 3.82. The fourth-order valence-electron chi connectivity index (χ4n) is 2.71. The van der Waals surface area contributed by atoms with Crippen LogP contribution in [0.3, 0.4) is 0 Å². The summed E-state index contributed by atoms with van der Waals surface area (Å²) in [6, 6.07) is 12.4. The first-order valence-corrected chi connectivity index (χ1v) is 7.94. The van der Waals surface area contributed by atoms with E-state index in [-0.39, 0.29) is 11.6 Å². The minimum Gasteiger partial charge on any atom is -0.349 e. The predicted molar refractivity (Wildman–Crippen MR) is 90.0 cm³/mol. The molecule has 7 heteroatoms. The van der Waals surface area contributed by atoms with Crippen LogP contribution < -0.4 is 10.6 Å². The zero-order chi connectivity index (χ0) is 16.0. The van der Waals surface area contributed by atoms with E-state index in [9.17, 15) is 14.9 Å². The molecule has 2 aromatic carbocycles. The van der Waals surface area contributed by atoms with E-state index >= 15 is 0 Å². The maximum Gasteiger partial charge on any atom is 0.271 e. The lowest BCUT2D eigenvalue weighted by atomic mass is 10.1. The molecule has 0 atom stereocenters. The molecule has 6 nitrogen and oxygen atoms in total. The van der Waals surface area contributed by atoms with Crippen LogP contribution in [0.25, 0.3) is 5.57 Å². The van der Waals surface area contributed by atoms with Crippen molar-refractivity contribution in [3.63, 3.8) is 0 Å². The van der Waals surface area contributed by atoms with Gasteiger partial charge in [0.25, 0.3) is 11.6 Å². The van der Waals surface area contributed by atoms with E-state index in [0.29, 0.717) is 16.8 Å². The summed E-state index contributed by atoms with van der Waals surface area (Å²) in [6.45, 7) is 0. The maximum absolute atomic E-state index is 12.3. The highest BCUT2D eigenvalue weighted by Gasteiger charge is 2.30. The third-order valence-corrected chi connectivity index (χ3v) is 4.87. The Bertz CT molecular complexity index is 892. The van der Waals surface area contributed by atoms with Crippen LogP contribution in [0, 0.1) is 10.1 Å². The number of nitro benzene ring substituents is 1. The minimum atomic E-state index is -0.471. The standard InChI is InChI=1S/C16H11N3O3S/c20-15-14(11-6-5-10(19(21)22)7-13(11)17-15)16-18-12-4-2-1-3-9(12)8-23-16/h1-7,18H,8H2,(H,17,20)/b16-14+. The van der Waals surface area contributed by atoms with Crippen molar-refractivity contribution in [1.29, 1.82) is 0 Å². The zero-order valence-corrected chi connectivity index (χ0v) is 12.6. The zero-order valence-electron chi connectivity index (χ0n) is 11.8. The fraction of sp³-hybridized carbons (Fsp3) is 0.0625. The maximum atomic E-state index is 12.3. The molecule has 0 fully saturated rings. The summed E-state index contributed by atoms with van der Waals surface area (Å²) in [4.78, 5) is 22.7. The van der Waals surface area contributed by atoms with E-state index in [4.69, 9.17) is 0 Å². The molecule has 23 heavy (non-hydrogen) atoms. The third kappa shape index (κ3) is 2.25. The van der Waals surface area contributed by atoms with E-state index in [1.807, 2.05) is 24.3 Å². The number of nitrogens with zero attached hydrogens (tertiary/aromatic N) is 1. The molecule has 2 aromatic rings. The number of carbonyl (C=O) groups is 1. The molecule has 114 valence electrons. The van der Waals surface area contributed by atoms with Crippen molar-refractivity contribution in [2.75, 3.05) is 10.6 Å². The molecule has 2 N–H and O–H groups in total.